The quantitative estimate of drug-likeness (QED) is 0.754. The third-order valence-corrected chi connectivity index (χ3v) is 5.93. The number of nitrogens with zero attached hydrogens (tertiary/aromatic N) is 2. The van der Waals surface area contributed by atoms with Crippen molar-refractivity contribution in [1.29, 1.82) is 0 Å². The number of hydrogen-bond acceptors (Lipinski definition) is 3. The van der Waals surface area contributed by atoms with E-state index >= 15 is 4.39 Å². The molecule has 2 aromatic rings. The Hall–Kier alpha value is -2.59. The molecular weight excluding hydrogens is 431 g/mol. The highest BCUT2D eigenvalue weighted by Crippen LogP contribution is 2.31. The summed E-state index contributed by atoms with van der Waals surface area (Å²) in [6, 6.07) is 7.44. The van der Waals surface area contributed by atoms with Gasteiger partial charge in [0, 0.05) is 25.2 Å². The van der Waals surface area contributed by atoms with Crippen LogP contribution >= 0.6 is 0 Å². The van der Waals surface area contributed by atoms with Gasteiger partial charge < -0.3 is 9.80 Å². The summed E-state index contributed by atoms with van der Waals surface area (Å²) in [4.78, 5) is 15.0. The Kier molecular flexibility index (Phi) is 6.61. The molecule has 0 saturated carbocycles. The number of sulfonamides is 1. The topological polar surface area (TPSA) is 69.7 Å². The highest BCUT2D eigenvalue weighted by molar-refractivity contribution is 7.88. The van der Waals surface area contributed by atoms with E-state index in [-0.39, 0.29) is 29.7 Å². The summed E-state index contributed by atoms with van der Waals surface area (Å²) in [6.45, 7) is -0.330. The molecule has 0 unspecified atom stereocenters. The van der Waals surface area contributed by atoms with E-state index in [1.54, 1.807) is 12.1 Å². The van der Waals surface area contributed by atoms with Crippen molar-refractivity contribution < 1.29 is 26.4 Å². The predicted molar refractivity (Wildman–Crippen MR) is 112 cm³/mol. The Morgan fingerprint density at radius 3 is 2.39 bits per heavy atom. The van der Waals surface area contributed by atoms with Gasteiger partial charge in [-0.3, -0.25) is 0 Å². The summed E-state index contributed by atoms with van der Waals surface area (Å²) < 4.78 is 70.1. The predicted octanol–water partition coefficient (Wildman–Crippen LogP) is 2.80. The monoisotopic (exact) mass is 455 g/mol. The second-order valence-corrected chi connectivity index (χ2v) is 9.57. The summed E-state index contributed by atoms with van der Waals surface area (Å²) in [7, 11) is -0.808. The molecule has 168 valence electrons. The molecule has 0 aliphatic carbocycles. The fourth-order valence-corrected chi connectivity index (χ4v) is 4.63. The second kappa shape index (κ2) is 8.88. The van der Waals surface area contributed by atoms with Crippen molar-refractivity contribution in [3.8, 4) is 11.1 Å². The van der Waals surface area contributed by atoms with Gasteiger partial charge in [0.05, 0.1) is 24.9 Å². The smallest absolute Gasteiger partial charge is 0.319 e. The van der Waals surface area contributed by atoms with Crippen LogP contribution in [0.1, 0.15) is 5.56 Å². The molecular formula is C21H24F3N3O3S. The largest absolute Gasteiger partial charge is 0.331 e. The van der Waals surface area contributed by atoms with Crippen LogP contribution in [0.3, 0.4) is 0 Å². The number of benzene rings is 2. The Bertz CT molecular complexity index is 1080. The standard InChI is InChI=1S/C21H24F3N3O3S/c1-26(2)21(28)27-12-17(23)20(25-31(3,29)30)18(27)11-13-7-6-9-15(19(13)24)14-8-4-5-10-16(14)22/h4-10,17-18,20,25H,11-12H2,1-3H3/t17-,18-,20-/m0/s1. The van der Waals surface area contributed by atoms with E-state index in [0.29, 0.717) is 0 Å². The van der Waals surface area contributed by atoms with Gasteiger partial charge in [-0.1, -0.05) is 36.4 Å². The van der Waals surface area contributed by atoms with Crippen molar-refractivity contribution in [3.63, 3.8) is 0 Å². The molecule has 3 rings (SSSR count). The van der Waals surface area contributed by atoms with Crippen LogP contribution in [-0.2, 0) is 16.4 Å². The van der Waals surface area contributed by atoms with Crippen LogP contribution in [-0.4, -0.2) is 69.4 Å². The molecule has 1 aliphatic rings. The molecule has 1 heterocycles. The first-order valence-electron chi connectivity index (χ1n) is 9.61. The lowest BCUT2D eigenvalue weighted by molar-refractivity contribution is 0.161. The van der Waals surface area contributed by atoms with Crippen LogP contribution in [0.15, 0.2) is 42.5 Å². The Morgan fingerprint density at radius 2 is 1.77 bits per heavy atom. The first-order valence-corrected chi connectivity index (χ1v) is 11.5. The Morgan fingerprint density at radius 1 is 1.13 bits per heavy atom. The molecule has 1 N–H and O–H groups in total. The number of amides is 2. The molecule has 1 fully saturated rings. The summed E-state index contributed by atoms with van der Waals surface area (Å²) in [5.41, 5.74) is 0.226. The van der Waals surface area contributed by atoms with E-state index in [1.165, 1.54) is 54.2 Å². The number of nitrogens with one attached hydrogen (secondary N) is 1. The minimum absolute atomic E-state index is 0.0310. The van der Waals surface area contributed by atoms with Crippen LogP contribution in [0.4, 0.5) is 18.0 Å². The normalized spacial score (nSPS) is 21.4. The van der Waals surface area contributed by atoms with Crippen LogP contribution in [0, 0.1) is 11.6 Å². The third-order valence-electron chi connectivity index (χ3n) is 5.23. The fraction of sp³-hybridized carbons (Fsp3) is 0.381. The van der Waals surface area contributed by atoms with Gasteiger partial charge in [0.25, 0.3) is 0 Å². The number of carbonyl (C=O) groups is 1. The first kappa shape index (κ1) is 23.1. The summed E-state index contributed by atoms with van der Waals surface area (Å²) in [6.07, 6.45) is -0.921. The van der Waals surface area contributed by atoms with E-state index in [9.17, 15) is 22.0 Å². The fourth-order valence-electron chi connectivity index (χ4n) is 3.84. The molecule has 3 atom stereocenters. The van der Waals surface area contributed by atoms with Gasteiger partial charge in [-0.15, -0.1) is 0 Å². The van der Waals surface area contributed by atoms with Gasteiger partial charge in [0.1, 0.15) is 17.8 Å². The number of carbonyl (C=O) groups excluding carboxylic acids is 1. The van der Waals surface area contributed by atoms with Gasteiger partial charge in [-0.05, 0) is 18.1 Å². The van der Waals surface area contributed by atoms with E-state index in [2.05, 4.69) is 4.72 Å². The lowest BCUT2D eigenvalue weighted by Crippen LogP contribution is -2.51. The number of rotatable bonds is 5. The van der Waals surface area contributed by atoms with Gasteiger partial charge in [0.2, 0.25) is 10.0 Å². The van der Waals surface area contributed by atoms with E-state index in [1.807, 2.05) is 0 Å². The third kappa shape index (κ3) is 5.01. The molecule has 1 saturated heterocycles. The molecule has 2 amide bonds. The average Bonchev–Trinajstić information content (AvgIpc) is 2.97. The molecule has 6 nitrogen and oxygen atoms in total. The van der Waals surface area contributed by atoms with Crippen LogP contribution in [0.25, 0.3) is 11.1 Å². The molecule has 10 heteroatoms. The maximum absolute atomic E-state index is 15.3. The van der Waals surface area contributed by atoms with Crippen molar-refractivity contribution in [2.24, 2.45) is 0 Å². The number of urea groups is 1. The Labute approximate surface area is 179 Å². The molecule has 31 heavy (non-hydrogen) atoms. The first-order chi connectivity index (χ1) is 14.5. The Balaban J connectivity index is 2.01. The van der Waals surface area contributed by atoms with Crippen molar-refractivity contribution in [3.05, 3.63) is 59.7 Å². The minimum atomic E-state index is -3.79. The van der Waals surface area contributed by atoms with Crippen molar-refractivity contribution in [1.82, 2.24) is 14.5 Å². The van der Waals surface area contributed by atoms with Crippen molar-refractivity contribution >= 4 is 16.1 Å². The summed E-state index contributed by atoms with van der Waals surface area (Å²) in [5, 5.41) is 0. The highest BCUT2D eigenvalue weighted by Gasteiger charge is 2.46. The van der Waals surface area contributed by atoms with E-state index in [4.69, 9.17) is 0 Å². The minimum Gasteiger partial charge on any atom is -0.331 e. The molecule has 0 spiro atoms. The summed E-state index contributed by atoms with van der Waals surface area (Å²) in [5.74, 6) is -1.30. The van der Waals surface area contributed by atoms with Gasteiger partial charge >= 0.3 is 6.03 Å². The molecule has 0 radical (unpaired) electrons. The van der Waals surface area contributed by atoms with Gasteiger partial charge in [-0.25, -0.2) is 31.1 Å². The lowest BCUT2D eigenvalue weighted by atomic mass is 9.95. The molecule has 0 aromatic heterocycles. The van der Waals surface area contributed by atoms with Gasteiger partial charge in [-0.2, -0.15) is 0 Å². The molecule has 2 aromatic carbocycles. The summed E-state index contributed by atoms with van der Waals surface area (Å²) >= 11 is 0. The molecule has 0 bridgehead atoms. The zero-order chi connectivity index (χ0) is 22.9. The lowest BCUT2D eigenvalue weighted by Gasteiger charge is -2.30. The highest BCUT2D eigenvalue weighted by atomic mass is 32.2. The van der Waals surface area contributed by atoms with Crippen LogP contribution in [0.5, 0.6) is 0 Å². The van der Waals surface area contributed by atoms with Crippen molar-refractivity contribution in [2.45, 2.75) is 24.7 Å². The number of alkyl halides is 1. The molecule has 1 aliphatic heterocycles. The van der Waals surface area contributed by atoms with Crippen molar-refractivity contribution in [2.75, 3.05) is 26.9 Å². The zero-order valence-electron chi connectivity index (χ0n) is 17.3. The maximum atomic E-state index is 15.3. The number of hydrogen-bond donors (Lipinski definition) is 1. The maximum Gasteiger partial charge on any atom is 0.319 e. The number of halogens is 3. The van der Waals surface area contributed by atoms with E-state index in [0.717, 1.165) is 6.26 Å². The zero-order valence-corrected chi connectivity index (χ0v) is 18.2. The van der Waals surface area contributed by atoms with E-state index < -0.39 is 45.9 Å². The van der Waals surface area contributed by atoms with Crippen LogP contribution in [0.2, 0.25) is 0 Å². The second-order valence-electron chi connectivity index (χ2n) is 7.79. The average molecular weight is 456 g/mol. The number of likely N-dealkylation sites (tertiary alicyclic amines) is 1. The van der Waals surface area contributed by atoms with Gasteiger partial charge in [0.15, 0.2) is 0 Å². The SMILES string of the molecule is CN(C)C(=O)N1C[C@H](F)[C@H](NS(C)(=O)=O)[C@@H]1Cc1cccc(-c2ccccc2F)c1F. The van der Waals surface area contributed by atoms with Crippen LogP contribution < -0.4 is 4.72 Å².